The number of Topliss-reactive ketones (excluding diaryl/α,β-unsaturated/α-hetero) is 1. The van der Waals surface area contributed by atoms with Gasteiger partial charge in [0, 0.05) is 37.6 Å². The predicted molar refractivity (Wildman–Crippen MR) is 191 cm³/mol. The number of hydrogen-bond acceptors (Lipinski definition) is 7. The first-order chi connectivity index (χ1) is 23.2. The number of allylic oxidation sites excluding steroid dienone is 1. The molecular weight excluding hydrogens is 632 g/mol. The van der Waals surface area contributed by atoms with Crippen LogP contribution in [-0.2, 0) is 19.1 Å². The molecule has 5 N–H and O–H groups in total. The summed E-state index contributed by atoms with van der Waals surface area (Å²) in [4.78, 5) is 60.4. The third kappa shape index (κ3) is 5.58. The second-order valence-electron chi connectivity index (χ2n) is 19.8. The van der Waals surface area contributed by atoms with E-state index in [1.807, 2.05) is 20.8 Å². The third-order valence-corrected chi connectivity index (χ3v) is 14.7. The van der Waals surface area contributed by atoms with Gasteiger partial charge < -0.3 is 31.3 Å². The van der Waals surface area contributed by atoms with Crippen LogP contribution in [0.5, 0.6) is 0 Å². The second kappa shape index (κ2) is 11.7. The molecule has 5 aliphatic carbocycles. The molecule has 2 saturated heterocycles. The lowest BCUT2D eigenvalue weighted by molar-refractivity contribution is -0.142. The molecular formula is C39H62N6O5. The average molecular weight is 695 g/mol. The zero-order valence-corrected chi connectivity index (χ0v) is 31.8. The summed E-state index contributed by atoms with van der Waals surface area (Å²) in [5, 5.41) is 9.41. The maximum absolute atomic E-state index is 14.9. The minimum atomic E-state index is -0.863. The molecule has 0 aromatic carbocycles. The minimum Gasteiger partial charge on any atom is -0.396 e. The highest BCUT2D eigenvalue weighted by Gasteiger charge is 2.85. The van der Waals surface area contributed by atoms with Gasteiger partial charge in [0.25, 0.3) is 0 Å². The fraction of sp³-hybridized carbons (Fsp3) is 0.846. The number of ketones is 1. The number of hydrogen-bond donors (Lipinski definition) is 4. The Morgan fingerprint density at radius 3 is 2.22 bits per heavy atom. The molecule has 0 radical (unpaired) electrons. The topological polar surface area (TPSA) is 146 Å². The van der Waals surface area contributed by atoms with Crippen LogP contribution in [-0.4, -0.2) is 96.0 Å². The normalized spacial score (nSPS) is 33.3. The van der Waals surface area contributed by atoms with Gasteiger partial charge in [-0.05, 0) is 84.5 Å². The second-order valence-corrected chi connectivity index (χ2v) is 19.8. The number of nitrogens with zero attached hydrogens (tertiary/aromatic N) is 2. The summed E-state index contributed by atoms with van der Waals surface area (Å²) >= 11 is 0. The highest BCUT2D eigenvalue weighted by Crippen LogP contribution is 2.88. The summed E-state index contributed by atoms with van der Waals surface area (Å²) in [6, 6.07) is -2.80. The number of ether oxygens (including phenoxy) is 1. The Kier molecular flexibility index (Phi) is 8.34. The Morgan fingerprint density at radius 1 is 0.980 bits per heavy atom. The summed E-state index contributed by atoms with van der Waals surface area (Å²) < 4.78 is 6.03. The molecule has 2 aliphatic heterocycles. The van der Waals surface area contributed by atoms with E-state index in [1.54, 1.807) is 4.90 Å². The van der Waals surface area contributed by atoms with E-state index in [1.165, 1.54) is 0 Å². The molecule has 2 unspecified atom stereocenters. The van der Waals surface area contributed by atoms with E-state index < -0.39 is 23.5 Å². The minimum absolute atomic E-state index is 0.00940. The molecule has 0 aromatic rings. The van der Waals surface area contributed by atoms with Gasteiger partial charge in [-0.1, -0.05) is 61.8 Å². The first-order valence-electron chi connectivity index (χ1n) is 19.3. The van der Waals surface area contributed by atoms with Crippen molar-refractivity contribution in [3.05, 3.63) is 11.3 Å². The maximum Gasteiger partial charge on any atom is 0.315 e. The van der Waals surface area contributed by atoms with Gasteiger partial charge in [0.1, 0.15) is 12.1 Å². The number of rotatable bonds is 7. The molecule has 11 heteroatoms. The summed E-state index contributed by atoms with van der Waals surface area (Å²) in [5.74, 6) is -0.492. The first-order valence-corrected chi connectivity index (χ1v) is 19.3. The van der Waals surface area contributed by atoms with Crippen molar-refractivity contribution in [2.24, 2.45) is 38.7 Å². The zero-order chi connectivity index (χ0) is 36.2. The maximum atomic E-state index is 14.9. The smallest absolute Gasteiger partial charge is 0.315 e. The Balaban J connectivity index is 1.10. The lowest BCUT2D eigenvalue weighted by Gasteiger charge is -2.40. The van der Waals surface area contributed by atoms with Gasteiger partial charge in [-0.25, -0.2) is 4.79 Å². The molecule has 11 nitrogen and oxygen atoms in total. The lowest BCUT2D eigenvalue weighted by Crippen LogP contribution is -2.62. The summed E-state index contributed by atoms with van der Waals surface area (Å²) in [6.45, 7) is 20.4. The van der Waals surface area contributed by atoms with Crippen molar-refractivity contribution in [2.45, 2.75) is 143 Å². The fourth-order valence-corrected chi connectivity index (χ4v) is 10.8. The highest BCUT2D eigenvalue weighted by atomic mass is 16.5. The molecule has 4 amide bonds. The Labute approximate surface area is 298 Å². The molecule has 6 fully saturated rings. The van der Waals surface area contributed by atoms with Gasteiger partial charge in [-0.2, -0.15) is 0 Å². The van der Waals surface area contributed by atoms with Gasteiger partial charge in [0.15, 0.2) is 0 Å². The summed E-state index contributed by atoms with van der Waals surface area (Å²) in [7, 11) is 0. The fourth-order valence-electron chi connectivity index (χ4n) is 10.8. The van der Waals surface area contributed by atoms with E-state index in [0.717, 1.165) is 63.6 Å². The Morgan fingerprint density at radius 2 is 1.68 bits per heavy atom. The molecule has 2 heterocycles. The van der Waals surface area contributed by atoms with Crippen LogP contribution in [0.15, 0.2) is 11.3 Å². The standard InChI is InChI=1S/C39H62N6O5/c1-34(2,3)27(20-44-16-17-50-37(21-44)14-15-37)42-33(49)43-30(35(4,5)6)32(48)45-22-39(36(7,8)38(39)12-9-13-38)19-26(45)31(47)41-25-18-23-10-11-24(23)28(40)29(25)46/h23,25-27,30H,9-22,40H2,1-8H3,(H,41,47)(H2,42,43,49)/t23?,25?,26-,27+,30-,39+/m0/s1. The van der Waals surface area contributed by atoms with Crippen molar-refractivity contribution < 1.29 is 23.9 Å². The van der Waals surface area contributed by atoms with E-state index in [2.05, 4.69) is 55.5 Å². The van der Waals surface area contributed by atoms with E-state index >= 15 is 0 Å². The Bertz CT molecular complexity index is 1480. The predicted octanol–water partition coefficient (Wildman–Crippen LogP) is 3.86. The van der Waals surface area contributed by atoms with Crippen molar-refractivity contribution in [1.82, 2.24) is 25.8 Å². The number of fused-ring (bicyclic) bond motifs is 2. The summed E-state index contributed by atoms with van der Waals surface area (Å²) in [6.07, 6.45) is 8.51. The third-order valence-electron chi connectivity index (χ3n) is 14.7. The molecule has 7 rings (SSSR count). The number of carbonyl (C=O) groups is 4. The molecule has 0 aromatic heterocycles. The zero-order valence-electron chi connectivity index (χ0n) is 31.8. The van der Waals surface area contributed by atoms with Gasteiger partial charge in [0.05, 0.1) is 23.9 Å². The van der Waals surface area contributed by atoms with Crippen molar-refractivity contribution in [3.63, 3.8) is 0 Å². The number of nitrogens with one attached hydrogen (secondary N) is 3. The molecule has 4 saturated carbocycles. The molecule has 0 bridgehead atoms. The van der Waals surface area contributed by atoms with Gasteiger partial charge in [-0.15, -0.1) is 0 Å². The van der Waals surface area contributed by atoms with Crippen molar-refractivity contribution >= 4 is 23.6 Å². The van der Waals surface area contributed by atoms with E-state index in [0.29, 0.717) is 38.2 Å². The first kappa shape index (κ1) is 35.7. The molecule has 3 spiro atoms. The monoisotopic (exact) mass is 694 g/mol. The number of carbonyl (C=O) groups excluding carboxylic acids is 4. The average Bonchev–Trinajstić information content (AvgIpc) is 3.72. The van der Waals surface area contributed by atoms with E-state index in [4.69, 9.17) is 10.5 Å². The number of amides is 4. The molecule has 7 aliphatic rings. The van der Waals surface area contributed by atoms with Gasteiger partial charge in [0.2, 0.25) is 17.6 Å². The van der Waals surface area contributed by atoms with Crippen molar-refractivity contribution in [3.8, 4) is 0 Å². The van der Waals surface area contributed by atoms with Crippen LogP contribution in [0.1, 0.15) is 113 Å². The molecule has 6 atom stereocenters. The number of nitrogens with two attached hydrogens (primary N) is 1. The number of morpholine rings is 1. The molecule has 50 heavy (non-hydrogen) atoms. The highest BCUT2D eigenvalue weighted by molar-refractivity contribution is 6.03. The largest absolute Gasteiger partial charge is 0.396 e. The number of urea groups is 1. The van der Waals surface area contributed by atoms with Gasteiger partial charge >= 0.3 is 6.03 Å². The van der Waals surface area contributed by atoms with Crippen LogP contribution in [0.3, 0.4) is 0 Å². The van der Waals surface area contributed by atoms with Crippen LogP contribution >= 0.6 is 0 Å². The quantitative estimate of drug-likeness (QED) is 0.317. The van der Waals surface area contributed by atoms with Crippen LogP contribution in [0.4, 0.5) is 4.79 Å². The van der Waals surface area contributed by atoms with Crippen molar-refractivity contribution in [2.75, 3.05) is 32.8 Å². The summed E-state index contributed by atoms with van der Waals surface area (Å²) in [5.41, 5.74) is 6.64. The van der Waals surface area contributed by atoms with Crippen LogP contribution in [0.2, 0.25) is 0 Å². The van der Waals surface area contributed by atoms with E-state index in [9.17, 15) is 19.2 Å². The van der Waals surface area contributed by atoms with Crippen LogP contribution < -0.4 is 21.7 Å². The SMILES string of the molecule is CC(C)(C)[C@@H](CN1CCOC2(CC2)C1)NC(=O)N[C@@H](C(=O)N1C[C@]2(C[C@H]1C(=O)NC1CC3CCC3=C(N)C1=O)C(C)(C)C21CCC1)C(C)(C)C. The Hall–Kier alpha value is -2.66. The molecule has 278 valence electrons. The lowest BCUT2D eigenvalue weighted by atomic mass is 9.69. The van der Waals surface area contributed by atoms with Gasteiger partial charge in [-0.3, -0.25) is 19.3 Å². The van der Waals surface area contributed by atoms with E-state index in [-0.39, 0.29) is 62.8 Å². The van der Waals surface area contributed by atoms with Crippen LogP contribution in [0.25, 0.3) is 0 Å². The number of likely N-dealkylation sites (tertiary alicyclic amines) is 1. The van der Waals surface area contributed by atoms with Crippen LogP contribution in [0, 0.1) is 33.0 Å². The van der Waals surface area contributed by atoms with Crippen molar-refractivity contribution in [1.29, 1.82) is 0 Å².